The van der Waals surface area contributed by atoms with Gasteiger partial charge in [-0.15, -0.1) is 11.3 Å². The maximum Gasteiger partial charge on any atom is 0.230 e. The molecular formula is C15H16N2OS2. The maximum absolute atomic E-state index is 11.9. The van der Waals surface area contributed by atoms with Crippen molar-refractivity contribution in [1.29, 1.82) is 0 Å². The monoisotopic (exact) mass is 304 g/mol. The fourth-order valence-corrected chi connectivity index (χ4v) is 2.61. The fraction of sp³-hybridized carbons (Fsp3) is 0.200. The highest BCUT2D eigenvalue weighted by molar-refractivity contribution is 7.80. The first-order chi connectivity index (χ1) is 9.65. The summed E-state index contributed by atoms with van der Waals surface area (Å²) in [5.41, 5.74) is 2.13. The van der Waals surface area contributed by atoms with E-state index in [2.05, 4.69) is 10.6 Å². The van der Waals surface area contributed by atoms with Crippen LogP contribution in [0.2, 0.25) is 0 Å². The van der Waals surface area contributed by atoms with Crippen LogP contribution < -0.4 is 10.6 Å². The molecule has 1 amide bonds. The van der Waals surface area contributed by atoms with E-state index in [4.69, 9.17) is 12.2 Å². The van der Waals surface area contributed by atoms with Gasteiger partial charge >= 0.3 is 0 Å². The number of thiophene rings is 1. The largest absolute Gasteiger partial charge is 0.357 e. The van der Waals surface area contributed by atoms with Gasteiger partial charge < -0.3 is 10.6 Å². The van der Waals surface area contributed by atoms with Crippen molar-refractivity contribution < 1.29 is 4.79 Å². The first-order valence-corrected chi connectivity index (χ1v) is 7.58. The topological polar surface area (TPSA) is 41.1 Å². The van der Waals surface area contributed by atoms with E-state index in [-0.39, 0.29) is 5.91 Å². The standard InChI is InChI=1S/C15H16N2OS2/c1-11-5-2-3-6-12(11)9-14(18)17-15(19)16-10-13-7-4-8-20-13/h2-8H,9-10H2,1H3,(H2,16,17,18,19). The molecule has 5 heteroatoms. The van der Waals surface area contributed by atoms with E-state index in [1.807, 2.05) is 48.7 Å². The first kappa shape index (κ1) is 14.7. The third-order valence-corrected chi connectivity index (χ3v) is 3.99. The van der Waals surface area contributed by atoms with Gasteiger partial charge in [0.1, 0.15) is 0 Å². The summed E-state index contributed by atoms with van der Waals surface area (Å²) in [5, 5.41) is 8.11. The SMILES string of the molecule is Cc1ccccc1CC(=O)NC(=S)NCc1cccs1. The molecule has 0 radical (unpaired) electrons. The molecule has 0 aliphatic rings. The zero-order valence-corrected chi connectivity index (χ0v) is 12.8. The Bertz CT molecular complexity index is 594. The lowest BCUT2D eigenvalue weighted by molar-refractivity contribution is -0.119. The van der Waals surface area contributed by atoms with Gasteiger partial charge in [0.05, 0.1) is 13.0 Å². The molecule has 0 atom stereocenters. The van der Waals surface area contributed by atoms with Crippen LogP contribution in [0.25, 0.3) is 0 Å². The van der Waals surface area contributed by atoms with Crippen LogP contribution in [0.3, 0.4) is 0 Å². The lowest BCUT2D eigenvalue weighted by Crippen LogP contribution is -2.39. The van der Waals surface area contributed by atoms with E-state index in [9.17, 15) is 4.79 Å². The van der Waals surface area contributed by atoms with Crippen LogP contribution >= 0.6 is 23.6 Å². The Kier molecular flexibility index (Phi) is 5.26. The molecule has 20 heavy (non-hydrogen) atoms. The van der Waals surface area contributed by atoms with Gasteiger partial charge in [-0.2, -0.15) is 0 Å². The molecule has 1 aromatic carbocycles. The second-order valence-electron chi connectivity index (χ2n) is 4.41. The fourth-order valence-electron chi connectivity index (χ4n) is 1.78. The first-order valence-electron chi connectivity index (χ1n) is 6.29. The number of benzene rings is 1. The van der Waals surface area contributed by atoms with Gasteiger partial charge in [-0.05, 0) is 41.7 Å². The number of thiocarbonyl (C=S) groups is 1. The van der Waals surface area contributed by atoms with Crippen LogP contribution in [-0.4, -0.2) is 11.0 Å². The highest BCUT2D eigenvalue weighted by Crippen LogP contribution is 2.08. The van der Waals surface area contributed by atoms with Crippen LogP contribution in [0.15, 0.2) is 41.8 Å². The number of carbonyl (C=O) groups is 1. The van der Waals surface area contributed by atoms with Crippen molar-refractivity contribution in [3.63, 3.8) is 0 Å². The smallest absolute Gasteiger partial charge is 0.230 e. The summed E-state index contributed by atoms with van der Waals surface area (Å²) in [6.07, 6.45) is 0.341. The van der Waals surface area contributed by atoms with Crippen molar-refractivity contribution >= 4 is 34.6 Å². The van der Waals surface area contributed by atoms with Crippen molar-refractivity contribution in [1.82, 2.24) is 10.6 Å². The van der Waals surface area contributed by atoms with E-state index in [1.54, 1.807) is 11.3 Å². The maximum atomic E-state index is 11.9. The molecule has 1 aromatic heterocycles. The summed E-state index contributed by atoms with van der Waals surface area (Å²) < 4.78 is 0. The summed E-state index contributed by atoms with van der Waals surface area (Å²) in [6, 6.07) is 11.9. The third-order valence-electron chi connectivity index (χ3n) is 2.87. The average Bonchev–Trinajstić information content (AvgIpc) is 2.92. The lowest BCUT2D eigenvalue weighted by atomic mass is 10.1. The minimum absolute atomic E-state index is 0.0945. The van der Waals surface area contributed by atoms with E-state index < -0.39 is 0 Å². The minimum atomic E-state index is -0.0945. The zero-order valence-electron chi connectivity index (χ0n) is 11.2. The van der Waals surface area contributed by atoms with Gasteiger partial charge in [0.25, 0.3) is 0 Å². The summed E-state index contributed by atoms with van der Waals surface area (Å²) in [5.74, 6) is -0.0945. The molecule has 0 unspecified atom stereocenters. The Labute approximate surface area is 128 Å². The van der Waals surface area contributed by atoms with Gasteiger partial charge in [0.15, 0.2) is 5.11 Å². The average molecular weight is 304 g/mol. The minimum Gasteiger partial charge on any atom is -0.357 e. The molecule has 0 aliphatic carbocycles. The molecule has 0 spiro atoms. The van der Waals surface area contributed by atoms with Crippen LogP contribution in [0.5, 0.6) is 0 Å². The number of nitrogens with one attached hydrogen (secondary N) is 2. The Balaban J connectivity index is 1.79. The molecule has 0 saturated carbocycles. The summed E-state index contributed by atoms with van der Waals surface area (Å²) in [4.78, 5) is 13.1. The van der Waals surface area contributed by atoms with Gasteiger partial charge in [0, 0.05) is 4.88 Å². The van der Waals surface area contributed by atoms with Crippen molar-refractivity contribution in [2.45, 2.75) is 19.9 Å². The Morgan fingerprint density at radius 3 is 2.75 bits per heavy atom. The molecular weight excluding hydrogens is 288 g/mol. The highest BCUT2D eigenvalue weighted by atomic mass is 32.1. The zero-order chi connectivity index (χ0) is 14.4. The van der Waals surface area contributed by atoms with Crippen LogP contribution in [0, 0.1) is 6.92 Å². The number of hydrogen-bond donors (Lipinski definition) is 2. The molecule has 3 nitrogen and oxygen atoms in total. The van der Waals surface area contributed by atoms with Crippen molar-refractivity contribution in [2.75, 3.05) is 0 Å². The number of amides is 1. The Morgan fingerprint density at radius 1 is 1.25 bits per heavy atom. The summed E-state index contributed by atoms with van der Waals surface area (Å²) in [7, 11) is 0. The van der Waals surface area contributed by atoms with Gasteiger partial charge in [-0.1, -0.05) is 30.3 Å². The molecule has 0 saturated heterocycles. The normalized spacial score (nSPS) is 10.1. The quantitative estimate of drug-likeness (QED) is 0.854. The molecule has 1 heterocycles. The van der Waals surface area contributed by atoms with Crippen molar-refractivity contribution in [3.8, 4) is 0 Å². The molecule has 2 N–H and O–H groups in total. The predicted octanol–water partition coefficient (Wildman–Crippen LogP) is 2.79. The summed E-state index contributed by atoms with van der Waals surface area (Å²) >= 11 is 6.77. The molecule has 104 valence electrons. The van der Waals surface area contributed by atoms with E-state index in [0.717, 1.165) is 11.1 Å². The van der Waals surface area contributed by atoms with E-state index >= 15 is 0 Å². The summed E-state index contributed by atoms with van der Waals surface area (Å²) in [6.45, 7) is 2.64. The van der Waals surface area contributed by atoms with Crippen molar-refractivity contribution in [3.05, 3.63) is 57.8 Å². The van der Waals surface area contributed by atoms with Gasteiger partial charge in [0.2, 0.25) is 5.91 Å². The second-order valence-corrected chi connectivity index (χ2v) is 5.85. The van der Waals surface area contributed by atoms with Crippen LogP contribution in [-0.2, 0) is 17.8 Å². The Morgan fingerprint density at radius 2 is 2.05 bits per heavy atom. The third kappa shape index (κ3) is 4.43. The number of carbonyl (C=O) groups excluding carboxylic acids is 1. The van der Waals surface area contributed by atoms with Gasteiger partial charge in [-0.25, -0.2) is 0 Å². The lowest BCUT2D eigenvalue weighted by Gasteiger charge is -2.09. The van der Waals surface area contributed by atoms with E-state index in [1.165, 1.54) is 4.88 Å². The number of rotatable bonds is 4. The number of aryl methyl sites for hydroxylation is 1. The number of hydrogen-bond acceptors (Lipinski definition) is 3. The second kappa shape index (κ2) is 7.17. The van der Waals surface area contributed by atoms with Crippen molar-refractivity contribution in [2.24, 2.45) is 0 Å². The van der Waals surface area contributed by atoms with Crippen LogP contribution in [0.4, 0.5) is 0 Å². The van der Waals surface area contributed by atoms with Crippen LogP contribution in [0.1, 0.15) is 16.0 Å². The van der Waals surface area contributed by atoms with Gasteiger partial charge in [-0.3, -0.25) is 4.79 Å². The molecule has 0 bridgehead atoms. The highest BCUT2D eigenvalue weighted by Gasteiger charge is 2.07. The molecule has 2 rings (SSSR count). The molecule has 0 fully saturated rings. The predicted molar refractivity (Wildman–Crippen MR) is 86.8 cm³/mol. The Hall–Kier alpha value is -1.72. The molecule has 2 aromatic rings. The van der Waals surface area contributed by atoms with E-state index in [0.29, 0.717) is 18.1 Å². The molecule has 0 aliphatic heterocycles.